The molecule has 0 saturated heterocycles. The second-order valence-electron chi connectivity index (χ2n) is 4.73. The molecule has 1 unspecified atom stereocenters. The first-order valence-electron chi connectivity index (χ1n) is 6.30. The number of benzene rings is 2. The zero-order valence-corrected chi connectivity index (χ0v) is 12.9. The van der Waals surface area contributed by atoms with Crippen molar-refractivity contribution in [2.45, 2.75) is 19.9 Å². The summed E-state index contributed by atoms with van der Waals surface area (Å²) in [6.45, 7) is 3.79. The molecule has 0 spiro atoms. The van der Waals surface area contributed by atoms with Crippen LogP contribution in [0.5, 0.6) is 0 Å². The number of carbonyl (C=O) groups excluding carboxylic acids is 1. The highest BCUT2D eigenvalue weighted by molar-refractivity contribution is 9.10. The highest BCUT2D eigenvalue weighted by atomic mass is 79.9. The van der Waals surface area contributed by atoms with Crippen molar-refractivity contribution in [2.75, 3.05) is 0 Å². The molecule has 20 heavy (non-hydrogen) atoms. The molecule has 0 aromatic heterocycles. The Kier molecular flexibility index (Phi) is 4.55. The molecule has 0 heterocycles. The second-order valence-corrected chi connectivity index (χ2v) is 5.59. The summed E-state index contributed by atoms with van der Waals surface area (Å²) < 4.78 is 13.9. The maximum atomic E-state index is 13.2. The van der Waals surface area contributed by atoms with E-state index in [1.165, 1.54) is 12.1 Å². The van der Waals surface area contributed by atoms with Crippen molar-refractivity contribution in [2.24, 2.45) is 0 Å². The minimum absolute atomic E-state index is 0.186. The molecule has 104 valence electrons. The zero-order chi connectivity index (χ0) is 14.7. The number of nitrogens with one attached hydrogen (secondary N) is 1. The minimum Gasteiger partial charge on any atom is -0.345 e. The van der Waals surface area contributed by atoms with E-state index in [2.05, 4.69) is 21.2 Å². The monoisotopic (exact) mass is 335 g/mol. The lowest BCUT2D eigenvalue weighted by atomic mass is 10.1. The number of rotatable bonds is 3. The van der Waals surface area contributed by atoms with Crippen LogP contribution in [0.15, 0.2) is 46.9 Å². The van der Waals surface area contributed by atoms with Crippen LogP contribution in [0.3, 0.4) is 0 Å². The van der Waals surface area contributed by atoms with Crippen LogP contribution in [0.1, 0.15) is 34.5 Å². The van der Waals surface area contributed by atoms with Crippen LogP contribution < -0.4 is 5.32 Å². The molecule has 1 atom stereocenters. The first-order chi connectivity index (χ1) is 9.47. The molecule has 0 bridgehead atoms. The van der Waals surface area contributed by atoms with E-state index < -0.39 is 0 Å². The first kappa shape index (κ1) is 14.7. The predicted octanol–water partition coefficient (Wildman–Crippen LogP) is 4.39. The fourth-order valence-corrected chi connectivity index (χ4v) is 2.61. The van der Waals surface area contributed by atoms with Crippen molar-refractivity contribution in [1.82, 2.24) is 5.32 Å². The normalized spacial score (nSPS) is 12.0. The minimum atomic E-state index is -0.305. The van der Waals surface area contributed by atoms with Crippen molar-refractivity contribution in [3.05, 3.63) is 69.4 Å². The topological polar surface area (TPSA) is 29.1 Å². The summed E-state index contributed by atoms with van der Waals surface area (Å²) in [5, 5.41) is 2.86. The SMILES string of the molecule is Cc1ccc(C(=O)NC(C)c2cccc(F)c2)c(Br)c1. The quantitative estimate of drug-likeness (QED) is 0.885. The van der Waals surface area contributed by atoms with Gasteiger partial charge in [-0.15, -0.1) is 0 Å². The van der Waals surface area contributed by atoms with E-state index in [0.29, 0.717) is 5.56 Å². The van der Waals surface area contributed by atoms with Gasteiger partial charge in [-0.3, -0.25) is 4.79 Å². The maximum Gasteiger partial charge on any atom is 0.252 e. The Labute approximate surface area is 126 Å². The lowest BCUT2D eigenvalue weighted by Gasteiger charge is -2.15. The molecule has 4 heteroatoms. The molecule has 0 aliphatic rings. The molecule has 0 aliphatic heterocycles. The van der Waals surface area contributed by atoms with Gasteiger partial charge in [0.05, 0.1) is 11.6 Å². The van der Waals surface area contributed by atoms with Crippen LogP contribution in [-0.4, -0.2) is 5.91 Å². The smallest absolute Gasteiger partial charge is 0.252 e. The Hall–Kier alpha value is -1.68. The fourth-order valence-electron chi connectivity index (χ4n) is 1.94. The van der Waals surface area contributed by atoms with Crippen LogP contribution in [0.2, 0.25) is 0 Å². The van der Waals surface area contributed by atoms with Crippen molar-refractivity contribution in [1.29, 1.82) is 0 Å². The largest absolute Gasteiger partial charge is 0.345 e. The van der Waals surface area contributed by atoms with E-state index >= 15 is 0 Å². The molecule has 2 nitrogen and oxygen atoms in total. The second kappa shape index (κ2) is 6.18. The average molecular weight is 336 g/mol. The third-order valence-corrected chi connectivity index (χ3v) is 3.72. The van der Waals surface area contributed by atoms with Crippen LogP contribution in [0.25, 0.3) is 0 Å². The van der Waals surface area contributed by atoms with Crippen molar-refractivity contribution in [3.8, 4) is 0 Å². The standard InChI is InChI=1S/C16H15BrFNO/c1-10-6-7-14(15(17)8-10)16(20)19-11(2)12-4-3-5-13(18)9-12/h3-9,11H,1-2H3,(H,19,20). The summed E-state index contributed by atoms with van der Waals surface area (Å²) in [5.74, 6) is -0.492. The molecule has 2 rings (SSSR count). The third kappa shape index (κ3) is 3.45. The van der Waals surface area contributed by atoms with Gasteiger partial charge in [0.15, 0.2) is 0 Å². The summed E-state index contributed by atoms with van der Waals surface area (Å²) >= 11 is 3.38. The van der Waals surface area contributed by atoms with E-state index in [9.17, 15) is 9.18 Å². The van der Waals surface area contributed by atoms with Crippen molar-refractivity contribution in [3.63, 3.8) is 0 Å². The molecular formula is C16H15BrFNO. The van der Waals surface area contributed by atoms with Gasteiger partial charge in [0.25, 0.3) is 5.91 Å². The van der Waals surface area contributed by atoms with E-state index in [0.717, 1.165) is 15.6 Å². The van der Waals surface area contributed by atoms with Gasteiger partial charge in [-0.25, -0.2) is 4.39 Å². The average Bonchev–Trinajstić information content (AvgIpc) is 2.38. The molecule has 1 N–H and O–H groups in total. The van der Waals surface area contributed by atoms with Crippen molar-refractivity contribution < 1.29 is 9.18 Å². The Bertz CT molecular complexity index is 642. The van der Waals surface area contributed by atoms with Crippen LogP contribution >= 0.6 is 15.9 Å². The molecule has 0 saturated carbocycles. The van der Waals surface area contributed by atoms with Gasteiger partial charge in [-0.1, -0.05) is 18.2 Å². The van der Waals surface area contributed by atoms with Crippen LogP contribution in [-0.2, 0) is 0 Å². The molecule has 1 amide bonds. The first-order valence-corrected chi connectivity index (χ1v) is 7.09. The van der Waals surface area contributed by atoms with E-state index in [1.54, 1.807) is 18.2 Å². The lowest BCUT2D eigenvalue weighted by molar-refractivity contribution is 0.0939. The van der Waals surface area contributed by atoms with Gasteiger partial charge >= 0.3 is 0 Å². The number of amides is 1. The molecule has 0 aliphatic carbocycles. The van der Waals surface area contributed by atoms with E-state index in [1.807, 2.05) is 26.0 Å². The van der Waals surface area contributed by atoms with Crippen LogP contribution in [0.4, 0.5) is 4.39 Å². The fraction of sp³-hybridized carbons (Fsp3) is 0.188. The Morgan fingerprint density at radius 1 is 1.25 bits per heavy atom. The predicted molar refractivity (Wildman–Crippen MR) is 81.2 cm³/mol. The van der Waals surface area contributed by atoms with Crippen molar-refractivity contribution >= 4 is 21.8 Å². The van der Waals surface area contributed by atoms with Gasteiger partial charge in [0, 0.05) is 4.47 Å². The molecule has 0 radical (unpaired) electrons. The highest BCUT2D eigenvalue weighted by Crippen LogP contribution is 2.20. The molecule has 2 aromatic rings. The Balaban J connectivity index is 2.15. The van der Waals surface area contributed by atoms with Gasteiger partial charge in [-0.05, 0) is 65.2 Å². The summed E-state index contributed by atoms with van der Waals surface area (Å²) in [6.07, 6.45) is 0. The Morgan fingerprint density at radius 3 is 2.65 bits per heavy atom. The van der Waals surface area contributed by atoms with Crippen LogP contribution in [0, 0.1) is 12.7 Å². The van der Waals surface area contributed by atoms with E-state index in [4.69, 9.17) is 0 Å². The van der Waals surface area contributed by atoms with Gasteiger partial charge in [-0.2, -0.15) is 0 Å². The van der Waals surface area contributed by atoms with Gasteiger partial charge in [0.2, 0.25) is 0 Å². The summed E-state index contributed by atoms with van der Waals surface area (Å²) in [5.41, 5.74) is 2.38. The number of halogens is 2. The number of hydrogen-bond donors (Lipinski definition) is 1. The number of hydrogen-bond acceptors (Lipinski definition) is 1. The highest BCUT2D eigenvalue weighted by Gasteiger charge is 2.14. The molecule has 0 fully saturated rings. The van der Waals surface area contributed by atoms with E-state index in [-0.39, 0.29) is 17.8 Å². The maximum absolute atomic E-state index is 13.2. The summed E-state index contributed by atoms with van der Waals surface area (Å²) in [6, 6.07) is 11.5. The van der Waals surface area contributed by atoms with Gasteiger partial charge < -0.3 is 5.32 Å². The number of carbonyl (C=O) groups is 1. The lowest BCUT2D eigenvalue weighted by Crippen LogP contribution is -2.27. The van der Waals surface area contributed by atoms with Gasteiger partial charge in [0.1, 0.15) is 5.82 Å². The molecular weight excluding hydrogens is 321 g/mol. The third-order valence-electron chi connectivity index (χ3n) is 3.07. The Morgan fingerprint density at radius 2 is 2.00 bits per heavy atom. The zero-order valence-electron chi connectivity index (χ0n) is 11.3. The summed E-state index contributed by atoms with van der Waals surface area (Å²) in [7, 11) is 0. The number of aryl methyl sites for hydroxylation is 1. The molecule has 2 aromatic carbocycles. The summed E-state index contributed by atoms with van der Waals surface area (Å²) in [4.78, 5) is 12.2.